The standard InChI is InChI=1S/C22H32N2O2S/c25-20-15-24(18-6-12-27-13-7-18)16-22(20)19(14-23-8-10-26-11-9-23)21(22)17-4-2-1-3-5-17/h1-5,18-21,25H,6-16H2/t19-,20-,21-,22-/m1/s1. The van der Waals surface area contributed by atoms with E-state index in [0.29, 0.717) is 17.9 Å². The normalized spacial score (nSPS) is 38.5. The molecule has 1 aromatic carbocycles. The molecule has 1 N–H and O–H groups in total. The van der Waals surface area contributed by atoms with Crippen LogP contribution in [0.1, 0.15) is 24.3 Å². The Morgan fingerprint density at radius 1 is 1.11 bits per heavy atom. The summed E-state index contributed by atoms with van der Waals surface area (Å²) < 4.78 is 5.55. The zero-order valence-corrected chi connectivity index (χ0v) is 16.9. The van der Waals surface area contributed by atoms with Gasteiger partial charge in [0.2, 0.25) is 0 Å². The van der Waals surface area contributed by atoms with E-state index in [1.807, 2.05) is 0 Å². The highest BCUT2D eigenvalue weighted by Gasteiger charge is 2.71. The van der Waals surface area contributed by atoms with E-state index in [2.05, 4.69) is 51.9 Å². The van der Waals surface area contributed by atoms with Gasteiger partial charge in [-0.3, -0.25) is 9.80 Å². The number of hydrogen-bond acceptors (Lipinski definition) is 5. The first-order chi connectivity index (χ1) is 13.3. The van der Waals surface area contributed by atoms with Crippen LogP contribution in [0.4, 0.5) is 0 Å². The first kappa shape index (κ1) is 18.4. The van der Waals surface area contributed by atoms with Crippen molar-refractivity contribution in [2.45, 2.75) is 30.9 Å². The maximum absolute atomic E-state index is 11.3. The molecule has 5 heteroatoms. The number of thioether (sulfide) groups is 1. The lowest BCUT2D eigenvalue weighted by atomic mass is 9.95. The van der Waals surface area contributed by atoms with E-state index in [1.54, 1.807) is 0 Å². The molecule has 3 saturated heterocycles. The molecule has 1 saturated carbocycles. The lowest BCUT2D eigenvalue weighted by Crippen LogP contribution is -2.39. The third-order valence-corrected chi connectivity index (χ3v) is 8.54. The van der Waals surface area contributed by atoms with Crippen LogP contribution in [0, 0.1) is 11.3 Å². The monoisotopic (exact) mass is 388 g/mol. The average Bonchev–Trinajstić information content (AvgIpc) is 3.22. The van der Waals surface area contributed by atoms with Crippen molar-refractivity contribution >= 4 is 11.8 Å². The third-order valence-electron chi connectivity index (χ3n) is 7.49. The second kappa shape index (κ2) is 7.68. The Bertz CT molecular complexity index is 632. The summed E-state index contributed by atoms with van der Waals surface area (Å²) in [4.78, 5) is 5.20. The topological polar surface area (TPSA) is 35.9 Å². The number of ether oxygens (including phenoxy) is 1. The SMILES string of the molecule is O[C@@H]1CN(C2CCSCC2)C[C@@]12[C@H](CN1CCOCC1)[C@H]2c1ccccc1. The Morgan fingerprint density at radius 2 is 1.85 bits per heavy atom. The van der Waals surface area contributed by atoms with E-state index in [4.69, 9.17) is 4.74 Å². The van der Waals surface area contributed by atoms with Crippen LogP contribution < -0.4 is 0 Å². The van der Waals surface area contributed by atoms with Crippen molar-refractivity contribution in [3.63, 3.8) is 0 Å². The summed E-state index contributed by atoms with van der Waals surface area (Å²) >= 11 is 2.09. The molecule has 1 aliphatic carbocycles. The second-order valence-electron chi connectivity index (χ2n) is 8.81. The smallest absolute Gasteiger partial charge is 0.0744 e. The molecule has 4 nitrogen and oxygen atoms in total. The Hall–Kier alpha value is -0.590. The van der Waals surface area contributed by atoms with Crippen molar-refractivity contribution in [2.24, 2.45) is 11.3 Å². The van der Waals surface area contributed by atoms with Crippen molar-refractivity contribution in [2.75, 3.05) is 57.4 Å². The molecule has 0 aromatic heterocycles. The molecule has 4 atom stereocenters. The van der Waals surface area contributed by atoms with Crippen LogP contribution in [0.2, 0.25) is 0 Å². The van der Waals surface area contributed by atoms with Crippen LogP contribution in [0.15, 0.2) is 30.3 Å². The predicted molar refractivity (Wildman–Crippen MR) is 110 cm³/mol. The zero-order chi connectivity index (χ0) is 18.3. The molecule has 1 spiro atoms. The van der Waals surface area contributed by atoms with E-state index < -0.39 is 0 Å². The number of morpholine rings is 1. The molecular formula is C22H32N2O2S. The molecular weight excluding hydrogens is 356 g/mol. The summed E-state index contributed by atoms with van der Waals surface area (Å²) in [5, 5.41) is 11.3. The van der Waals surface area contributed by atoms with Gasteiger partial charge in [0.05, 0.1) is 19.3 Å². The Morgan fingerprint density at radius 3 is 2.59 bits per heavy atom. The van der Waals surface area contributed by atoms with E-state index in [9.17, 15) is 5.11 Å². The fraction of sp³-hybridized carbons (Fsp3) is 0.727. The number of rotatable bonds is 4. The largest absolute Gasteiger partial charge is 0.391 e. The highest BCUT2D eigenvalue weighted by molar-refractivity contribution is 7.99. The summed E-state index contributed by atoms with van der Waals surface area (Å²) in [7, 11) is 0. The fourth-order valence-corrected chi connectivity index (χ4v) is 7.07. The van der Waals surface area contributed by atoms with Gasteiger partial charge >= 0.3 is 0 Å². The van der Waals surface area contributed by atoms with E-state index in [0.717, 1.165) is 45.9 Å². The van der Waals surface area contributed by atoms with Gasteiger partial charge in [-0.25, -0.2) is 0 Å². The zero-order valence-electron chi connectivity index (χ0n) is 16.1. The molecule has 0 amide bonds. The minimum absolute atomic E-state index is 0.0598. The van der Waals surface area contributed by atoms with Gasteiger partial charge in [-0.15, -0.1) is 0 Å². The molecule has 3 heterocycles. The Labute approximate surface area is 167 Å². The molecule has 0 radical (unpaired) electrons. The highest BCUT2D eigenvalue weighted by atomic mass is 32.2. The van der Waals surface area contributed by atoms with Gasteiger partial charge < -0.3 is 9.84 Å². The predicted octanol–water partition coefficient (Wildman–Crippen LogP) is 2.29. The maximum Gasteiger partial charge on any atom is 0.0744 e. The number of hydrogen-bond donors (Lipinski definition) is 1. The number of nitrogens with zero attached hydrogens (tertiary/aromatic N) is 2. The Kier molecular flexibility index (Phi) is 5.24. The maximum atomic E-state index is 11.3. The van der Waals surface area contributed by atoms with E-state index in [1.165, 1.54) is 29.9 Å². The van der Waals surface area contributed by atoms with Gasteiger partial charge in [-0.2, -0.15) is 11.8 Å². The van der Waals surface area contributed by atoms with Gasteiger partial charge in [-0.1, -0.05) is 30.3 Å². The number of benzene rings is 1. The van der Waals surface area contributed by atoms with Crippen LogP contribution in [-0.4, -0.2) is 84.5 Å². The fourth-order valence-electron chi connectivity index (χ4n) is 5.99. The number of aliphatic hydroxyl groups excluding tert-OH is 1. The van der Waals surface area contributed by atoms with Gasteiger partial charge in [0.1, 0.15) is 0 Å². The third kappa shape index (κ3) is 3.36. The molecule has 5 rings (SSSR count). The minimum atomic E-state index is -0.191. The van der Waals surface area contributed by atoms with Crippen LogP contribution in [-0.2, 0) is 4.74 Å². The summed E-state index contributed by atoms with van der Waals surface area (Å²) in [5.74, 6) is 3.63. The molecule has 4 fully saturated rings. The van der Waals surface area contributed by atoms with Gasteiger partial charge in [0, 0.05) is 44.2 Å². The Balaban J connectivity index is 1.37. The summed E-state index contributed by atoms with van der Waals surface area (Å²) in [6.45, 7) is 6.83. The van der Waals surface area contributed by atoms with E-state index >= 15 is 0 Å². The molecule has 148 valence electrons. The van der Waals surface area contributed by atoms with Crippen molar-refractivity contribution in [3.8, 4) is 0 Å². The number of aliphatic hydroxyl groups is 1. The van der Waals surface area contributed by atoms with Crippen LogP contribution >= 0.6 is 11.8 Å². The first-order valence-electron chi connectivity index (χ1n) is 10.6. The molecule has 27 heavy (non-hydrogen) atoms. The van der Waals surface area contributed by atoms with Crippen LogP contribution in [0.5, 0.6) is 0 Å². The molecule has 1 aromatic rings. The summed E-state index contributed by atoms with van der Waals surface area (Å²) in [6.07, 6.45) is 2.39. The van der Waals surface area contributed by atoms with Gasteiger partial charge in [0.25, 0.3) is 0 Å². The second-order valence-corrected chi connectivity index (χ2v) is 10.0. The van der Waals surface area contributed by atoms with Crippen LogP contribution in [0.3, 0.4) is 0 Å². The number of β-amino-alcohol motifs (C(OH)–C–C–N with tert-alkyl or cyclic N) is 1. The summed E-state index contributed by atoms with van der Waals surface area (Å²) in [6, 6.07) is 11.7. The van der Waals surface area contributed by atoms with Crippen LogP contribution in [0.25, 0.3) is 0 Å². The summed E-state index contributed by atoms with van der Waals surface area (Å²) in [5.41, 5.74) is 1.49. The first-order valence-corrected chi connectivity index (χ1v) is 11.8. The molecule has 0 bridgehead atoms. The molecule has 4 aliphatic rings. The lowest BCUT2D eigenvalue weighted by Gasteiger charge is -2.31. The molecule has 3 aliphatic heterocycles. The number of likely N-dealkylation sites (tertiary alicyclic amines) is 1. The van der Waals surface area contributed by atoms with Crippen molar-refractivity contribution in [1.82, 2.24) is 9.80 Å². The van der Waals surface area contributed by atoms with E-state index in [-0.39, 0.29) is 11.5 Å². The molecule has 0 unspecified atom stereocenters. The van der Waals surface area contributed by atoms with Crippen molar-refractivity contribution < 1.29 is 9.84 Å². The minimum Gasteiger partial charge on any atom is -0.391 e. The quantitative estimate of drug-likeness (QED) is 0.856. The van der Waals surface area contributed by atoms with Crippen molar-refractivity contribution in [3.05, 3.63) is 35.9 Å². The van der Waals surface area contributed by atoms with Gasteiger partial charge in [-0.05, 0) is 41.7 Å². The highest BCUT2D eigenvalue weighted by Crippen LogP contribution is 2.69. The lowest BCUT2D eigenvalue weighted by molar-refractivity contribution is 0.0311. The average molecular weight is 389 g/mol. The van der Waals surface area contributed by atoms with Crippen molar-refractivity contribution in [1.29, 1.82) is 0 Å². The van der Waals surface area contributed by atoms with Gasteiger partial charge in [0.15, 0.2) is 0 Å².